The lowest BCUT2D eigenvalue weighted by Crippen LogP contribution is -2.39. The summed E-state index contributed by atoms with van der Waals surface area (Å²) in [5.74, 6) is -1.52. The van der Waals surface area contributed by atoms with Gasteiger partial charge in [0.05, 0.1) is 11.5 Å². The van der Waals surface area contributed by atoms with E-state index >= 15 is 0 Å². The van der Waals surface area contributed by atoms with E-state index in [9.17, 15) is 18.8 Å². The third-order valence-electron chi connectivity index (χ3n) is 6.78. The first-order chi connectivity index (χ1) is 16.4. The van der Waals surface area contributed by atoms with E-state index in [4.69, 9.17) is 0 Å². The number of pyridine rings is 1. The van der Waals surface area contributed by atoms with Gasteiger partial charge in [-0.05, 0) is 47.7 Å². The Hall–Kier alpha value is -3.87. The molecule has 0 saturated heterocycles. The van der Waals surface area contributed by atoms with Crippen molar-refractivity contribution < 1.29 is 18.8 Å². The highest BCUT2D eigenvalue weighted by molar-refractivity contribution is 6.06. The first-order valence-corrected chi connectivity index (χ1v) is 11.3. The van der Waals surface area contributed by atoms with Crippen molar-refractivity contribution in [1.29, 1.82) is 0 Å². The van der Waals surface area contributed by atoms with E-state index in [-0.39, 0.29) is 30.2 Å². The number of nitrogens with one attached hydrogen (secondary N) is 1. The summed E-state index contributed by atoms with van der Waals surface area (Å²) in [6.45, 7) is 3.04. The number of aromatic nitrogens is 1. The molecular formula is C27H24FN3O3. The Morgan fingerprint density at radius 2 is 1.91 bits per heavy atom. The number of carbonyl (C=O) groups is 3. The Bertz CT molecular complexity index is 1320. The van der Waals surface area contributed by atoms with Crippen molar-refractivity contribution in [2.75, 3.05) is 6.54 Å². The predicted molar refractivity (Wildman–Crippen MR) is 124 cm³/mol. The zero-order valence-electron chi connectivity index (χ0n) is 18.8. The third kappa shape index (κ3) is 3.87. The molecule has 1 aliphatic carbocycles. The fourth-order valence-electron chi connectivity index (χ4n) is 4.95. The molecular weight excluding hydrogens is 433 g/mol. The van der Waals surface area contributed by atoms with Gasteiger partial charge in [-0.25, -0.2) is 4.39 Å². The summed E-state index contributed by atoms with van der Waals surface area (Å²) >= 11 is 0. The van der Waals surface area contributed by atoms with E-state index in [0.717, 1.165) is 27.9 Å². The average molecular weight is 458 g/mol. The lowest BCUT2D eigenvalue weighted by atomic mass is 9.93. The molecule has 6 nitrogen and oxygen atoms in total. The van der Waals surface area contributed by atoms with E-state index in [0.29, 0.717) is 25.1 Å². The second kappa shape index (κ2) is 8.82. The van der Waals surface area contributed by atoms with Crippen molar-refractivity contribution in [2.24, 2.45) is 0 Å². The number of amides is 2. The van der Waals surface area contributed by atoms with Gasteiger partial charge in [0.2, 0.25) is 5.91 Å². The van der Waals surface area contributed by atoms with Crippen LogP contribution in [0.1, 0.15) is 61.0 Å². The molecule has 0 radical (unpaired) electrons. The zero-order chi connectivity index (χ0) is 23.8. The molecule has 7 heteroatoms. The Morgan fingerprint density at radius 3 is 2.74 bits per heavy atom. The van der Waals surface area contributed by atoms with Gasteiger partial charge in [-0.15, -0.1) is 0 Å². The van der Waals surface area contributed by atoms with E-state index in [2.05, 4.69) is 10.3 Å². The largest absolute Gasteiger partial charge is 0.348 e. The third-order valence-corrected chi connectivity index (χ3v) is 6.78. The minimum atomic E-state index is -0.564. The lowest BCUT2D eigenvalue weighted by molar-refractivity contribution is -0.133. The Morgan fingerprint density at radius 1 is 1.15 bits per heavy atom. The second-order valence-corrected chi connectivity index (χ2v) is 8.77. The van der Waals surface area contributed by atoms with Crippen LogP contribution in [0.15, 0.2) is 54.7 Å². The van der Waals surface area contributed by atoms with E-state index in [1.165, 1.54) is 12.1 Å². The molecule has 1 aromatic heterocycles. The molecule has 2 heterocycles. The Kier molecular flexibility index (Phi) is 5.69. The summed E-state index contributed by atoms with van der Waals surface area (Å²) < 4.78 is 14.0. The van der Waals surface area contributed by atoms with Crippen molar-refractivity contribution in [1.82, 2.24) is 15.2 Å². The summed E-state index contributed by atoms with van der Waals surface area (Å²) in [6, 6.07) is 13.2. The van der Waals surface area contributed by atoms with Gasteiger partial charge in [0.1, 0.15) is 5.82 Å². The van der Waals surface area contributed by atoms with Crippen LogP contribution < -0.4 is 5.32 Å². The molecule has 5 rings (SSSR count). The SMILES string of the molecule is Cc1ncc2c(c1CNC(=O)c1ccccc1F)CCN(C(=O)C1CC(=O)c3ccccc31)C2. The number of rotatable bonds is 4. The van der Waals surface area contributed by atoms with Crippen molar-refractivity contribution in [3.05, 3.63) is 99.6 Å². The number of ketones is 1. The van der Waals surface area contributed by atoms with Crippen LogP contribution in [0, 0.1) is 12.7 Å². The van der Waals surface area contributed by atoms with E-state index in [1.807, 2.05) is 25.1 Å². The van der Waals surface area contributed by atoms with Gasteiger partial charge >= 0.3 is 0 Å². The Balaban J connectivity index is 1.33. The van der Waals surface area contributed by atoms with Gasteiger partial charge in [0.25, 0.3) is 5.91 Å². The van der Waals surface area contributed by atoms with E-state index < -0.39 is 17.6 Å². The maximum atomic E-state index is 14.0. The molecule has 2 aliphatic rings. The monoisotopic (exact) mass is 457 g/mol. The highest BCUT2D eigenvalue weighted by Gasteiger charge is 2.37. The van der Waals surface area contributed by atoms with Crippen molar-refractivity contribution >= 4 is 17.6 Å². The standard InChI is InChI=1S/C27H24FN3O3/c1-16-23(14-30-26(33)21-8-4-5-9-24(21)28)18-10-11-31(15-17(18)13-29-16)27(34)22-12-25(32)20-7-3-2-6-19(20)22/h2-9,13,22H,10-12,14-15H2,1H3,(H,30,33). The van der Waals surface area contributed by atoms with Crippen LogP contribution in [0.3, 0.4) is 0 Å². The molecule has 172 valence electrons. The lowest BCUT2D eigenvalue weighted by Gasteiger charge is -2.32. The topological polar surface area (TPSA) is 79.4 Å². The van der Waals surface area contributed by atoms with Gasteiger partial charge < -0.3 is 10.2 Å². The second-order valence-electron chi connectivity index (χ2n) is 8.77. The number of aryl methyl sites for hydroxylation is 1. The predicted octanol–water partition coefficient (Wildman–Crippen LogP) is 3.71. The minimum Gasteiger partial charge on any atom is -0.348 e. The van der Waals surface area contributed by atoms with Gasteiger partial charge in [-0.3, -0.25) is 19.4 Å². The molecule has 0 saturated carbocycles. The molecule has 1 N–H and O–H groups in total. The van der Waals surface area contributed by atoms with Gasteiger partial charge in [0, 0.05) is 43.5 Å². The van der Waals surface area contributed by atoms with Crippen molar-refractivity contribution in [3.63, 3.8) is 0 Å². The summed E-state index contributed by atoms with van der Waals surface area (Å²) in [4.78, 5) is 44.4. The number of halogens is 1. The van der Waals surface area contributed by atoms with Crippen LogP contribution in [-0.2, 0) is 24.3 Å². The fraction of sp³-hybridized carbons (Fsp3) is 0.259. The quantitative estimate of drug-likeness (QED) is 0.648. The maximum absolute atomic E-state index is 14.0. The maximum Gasteiger partial charge on any atom is 0.254 e. The smallest absolute Gasteiger partial charge is 0.254 e. The zero-order valence-corrected chi connectivity index (χ0v) is 18.8. The first kappa shape index (κ1) is 21.9. The summed E-state index contributed by atoms with van der Waals surface area (Å²) in [5.41, 5.74) is 5.14. The number of Topliss-reactive ketones (excluding diaryl/α,β-unsaturated/α-hetero) is 1. The molecule has 2 aromatic carbocycles. The number of hydrogen-bond acceptors (Lipinski definition) is 4. The molecule has 2 amide bonds. The number of carbonyl (C=O) groups excluding carboxylic acids is 3. The normalized spacial score (nSPS) is 16.7. The summed E-state index contributed by atoms with van der Waals surface area (Å²) in [7, 11) is 0. The summed E-state index contributed by atoms with van der Waals surface area (Å²) in [6.07, 6.45) is 2.61. The van der Waals surface area contributed by atoms with Crippen LogP contribution in [0.5, 0.6) is 0 Å². The fourth-order valence-corrected chi connectivity index (χ4v) is 4.95. The van der Waals surface area contributed by atoms with Crippen LogP contribution in [0.4, 0.5) is 4.39 Å². The molecule has 3 aromatic rings. The first-order valence-electron chi connectivity index (χ1n) is 11.3. The van der Waals surface area contributed by atoms with Gasteiger partial charge in [0.15, 0.2) is 5.78 Å². The van der Waals surface area contributed by atoms with Crippen LogP contribution in [-0.4, -0.2) is 34.0 Å². The number of nitrogens with zero attached hydrogens (tertiary/aromatic N) is 2. The number of fused-ring (bicyclic) bond motifs is 2. The van der Waals surface area contributed by atoms with Crippen LogP contribution >= 0.6 is 0 Å². The molecule has 0 bridgehead atoms. The molecule has 0 fully saturated rings. The van der Waals surface area contributed by atoms with Gasteiger partial charge in [-0.1, -0.05) is 36.4 Å². The Labute approximate surface area is 196 Å². The molecule has 34 heavy (non-hydrogen) atoms. The molecule has 0 spiro atoms. The summed E-state index contributed by atoms with van der Waals surface area (Å²) in [5, 5.41) is 2.80. The van der Waals surface area contributed by atoms with E-state index in [1.54, 1.807) is 29.3 Å². The van der Waals surface area contributed by atoms with Crippen molar-refractivity contribution in [2.45, 2.75) is 38.8 Å². The van der Waals surface area contributed by atoms with Crippen LogP contribution in [0.25, 0.3) is 0 Å². The highest BCUT2D eigenvalue weighted by Crippen LogP contribution is 2.35. The molecule has 1 aliphatic heterocycles. The number of benzene rings is 2. The average Bonchev–Trinajstić information content (AvgIpc) is 3.19. The highest BCUT2D eigenvalue weighted by atomic mass is 19.1. The minimum absolute atomic E-state index is 0.000995. The van der Waals surface area contributed by atoms with Gasteiger partial charge in [-0.2, -0.15) is 0 Å². The molecule has 1 atom stereocenters. The van der Waals surface area contributed by atoms with Crippen LogP contribution in [0.2, 0.25) is 0 Å². The van der Waals surface area contributed by atoms with Crippen molar-refractivity contribution in [3.8, 4) is 0 Å². The number of hydrogen-bond donors (Lipinski definition) is 1. The molecule has 1 unspecified atom stereocenters.